The van der Waals surface area contributed by atoms with Crippen LogP contribution < -0.4 is 0 Å². The molecule has 0 aromatic heterocycles. The first-order valence-corrected chi connectivity index (χ1v) is 5.56. The minimum atomic E-state index is 0.423. The third-order valence-electron chi connectivity index (χ3n) is 3.08. The van der Waals surface area contributed by atoms with E-state index in [1.165, 1.54) is 12.8 Å². The molecule has 0 rings (SSSR count). The molecule has 0 spiro atoms. The predicted octanol–water partition coefficient (Wildman–Crippen LogP) is 4.66. The quantitative estimate of drug-likeness (QED) is 0.524. The SMILES string of the molecule is C=CCC(C)(C)[C@H](CCC)C(C)C. The minimum absolute atomic E-state index is 0.423. The van der Waals surface area contributed by atoms with E-state index in [2.05, 4.69) is 47.3 Å². The van der Waals surface area contributed by atoms with Gasteiger partial charge in [-0.2, -0.15) is 0 Å². The zero-order valence-corrected chi connectivity index (χ0v) is 10.1. The Balaban J connectivity index is 4.40. The molecule has 0 heterocycles. The Kier molecular flexibility index (Phi) is 5.36. The standard InChI is InChI=1S/C13H26/c1-7-9-12(11(3)4)13(5,6)10-8-2/h8,11-12H,2,7,9-10H2,1,3-6H3/t12-/m1/s1. The molecule has 1 atom stereocenters. The van der Waals surface area contributed by atoms with E-state index in [1.807, 2.05) is 0 Å². The molecule has 0 bridgehead atoms. The maximum absolute atomic E-state index is 3.85. The van der Waals surface area contributed by atoms with E-state index >= 15 is 0 Å². The molecule has 0 radical (unpaired) electrons. The van der Waals surface area contributed by atoms with E-state index < -0.39 is 0 Å². The van der Waals surface area contributed by atoms with Gasteiger partial charge in [0.2, 0.25) is 0 Å². The van der Waals surface area contributed by atoms with Crippen LogP contribution in [0.2, 0.25) is 0 Å². The maximum atomic E-state index is 3.85. The Morgan fingerprint density at radius 2 is 1.85 bits per heavy atom. The van der Waals surface area contributed by atoms with E-state index in [0.29, 0.717) is 5.41 Å². The molecule has 0 saturated carbocycles. The zero-order valence-electron chi connectivity index (χ0n) is 10.1. The molecule has 0 amide bonds. The Morgan fingerprint density at radius 3 is 2.15 bits per heavy atom. The first kappa shape index (κ1) is 12.7. The molecule has 0 aliphatic carbocycles. The lowest BCUT2D eigenvalue weighted by molar-refractivity contribution is 0.146. The van der Waals surface area contributed by atoms with Gasteiger partial charge in [0.25, 0.3) is 0 Å². The van der Waals surface area contributed by atoms with Crippen molar-refractivity contribution in [2.45, 2.75) is 53.9 Å². The Hall–Kier alpha value is -0.260. The summed E-state index contributed by atoms with van der Waals surface area (Å²) < 4.78 is 0. The molecule has 78 valence electrons. The van der Waals surface area contributed by atoms with Gasteiger partial charge in [0, 0.05) is 0 Å². The molecule has 0 aromatic rings. The lowest BCUT2D eigenvalue weighted by Gasteiger charge is -2.36. The van der Waals surface area contributed by atoms with Crippen molar-refractivity contribution in [3.05, 3.63) is 12.7 Å². The average molecular weight is 182 g/mol. The largest absolute Gasteiger partial charge is 0.103 e. The van der Waals surface area contributed by atoms with Gasteiger partial charge in [-0.15, -0.1) is 6.58 Å². The highest BCUT2D eigenvalue weighted by Crippen LogP contribution is 2.38. The highest BCUT2D eigenvalue weighted by atomic mass is 14.3. The molecule has 0 aliphatic rings. The summed E-state index contributed by atoms with van der Waals surface area (Å²) >= 11 is 0. The fourth-order valence-corrected chi connectivity index (χ4v) is 2.46. The minimum Gasteiger partial charge on any atom is -0.103 e. The normalized spacial score (nSPS) is 14.6. The number of hydrogen-bond acceptors (Lipinski definition) is 0. The van der Waals surface area contributed by atoms with E-state index in [-0.39, 0.29) is 0 Å². The van der Waals surface area contributed by atoms with Crippen LogP contribution in [0, 0.1) is 17.3 Å². The molecule has 13 heavy (non-hydrogen) atoms. The van der Waals surface area contributed by atoms with Gasteiger partial charge in [0.15, 0.2) is 0 Å². The predicted molar refractivity (Wildman–Crippen MR) is 61.8 cm³/mol. The zero-order chi connectivity index (χ0) is 10.5. The van der Waals surface area contributed by atoms with Crippen LogP contribution in [0.25, 0.3) is 0 Å². The van der Waals surface area contributed by atoms with E-state index in [1.54, 1.807) is 0 Å². The number of hydrogen-bond donors (Lipinski definition) is 0. The molecule has 0 fully saturated rings. The van der Waals surface area contributed by atoms with Gasteiger partial charge < -0.3 is 0 Å². The highest BCUT2D eigenvalue weighted by molar-refractivity contribution is 4.86. The fraction of sp³-hybridized carbons (Fsp3) is 0.846. The topological polar surface area (TPSA) is 0 Å². The van der Waals surface area contributed by atoms with Crippen LogP contribution in [0.3, 0.4) is 0 Å². The van der Waals surface area contributed by atoms with Gasteiger partial charge in [-0.25, -0.2) is 0 Å². The van der Waals surface area contributed by atoms with Crippen molar-refractivity contribution in [3.63, 3.8) is 0 Å². The first-order valence-electron chi connectivity index (χ1n) is 5.56. The third-order valence-corrected chi connectivity index (χ3v) is 3.08. The van der Waals surface area contributed by atoms with Gasteiger partial charge in [-0.05, 0) is 30.1 Å². The highest BCUT2D eigenvalue weighted by Gasteiger charge is 2.29. The molecular weight excluding hydrogens is 156 g/mol. The lowest BCUT2D eigenvalue weighted by atomic mass is 9.69. The molecule has 0 saturated heterocycles. The Bertz CT molecular complexity index is 142. The molecule has 0 heteroatoms. The van der Waals surface area contributed by atoms with Gasteiger partial charge in [0.1, 0.15) is 0 Å². The van der Waals surface area contributed by atoms with Crippen LogP contribution in [-0.2, 0) is 0 Å². The Morgan fingerprint density at radius 1 is 1.31 bits per heavy atom. The number of allylic oxidation sites excluding steroid dienone is 1. The van der Waals surface area contributed by atoms with Gasteiger partial charge >= 0.3 is 0 Å². The summed E-state index contributed by atoms with van der Waals surface area (Å²) in [5.74, 6) is 1.62. The third kappa shape index (κ3) is 3.97. The molecular formula is C13H26. The maximum Gasteiger partial charge on any atom is -0.0289 e. The van der Waals surface area contributed by atoms with Gasteiger partial charge in [0.05, 0.1) is 0 Å². The van der Waals surface area contributed by atoms with Crippen molar-refractivity contribution >= 4 is 0 Å². The van der Waals surface area contributed by atoms with Crippen molar-refractivity contribution in [1.29, 1.82) is 0 Å². The molecule has 0 N–H and O–H groups in total. The summed E-state index contributed by atoms with van der Waals surface area (Å²) in [5.41, 5.74) is 0.423. The van der Waals surface area contributed by atoms with Crippen LogP contribution in [0.4, 0.5) is 0 Å². The van der Waals surface area contributed by atoms with Crippen LogP contribution in [0.5, 0.6) is 0 Å². The van der Waals surface area contributed by atoms with Crippen molar-refractivity contribution < 1.29 is 0 Å². The summed E-state index contributed by atoms with van der Waals surface area (Å²) in [6.45, 7) is 15.5. The summed E-state index contributed by atoms with van der Waals surface area (Å²) in [5, 5.41) is 0. The molecule has 0 aliphatic heterocycles. The second-order valence-electron chi connectivity index (χ2n) is 5.12. The second kappa shape index (κ2) is 5.47. The second-order valence-corrected chi connectivity index (χ2v) is 5.12. The van der Waals surface area contributed by atoms with Crippen molar-refractivity contribution in [2.75, 3.05) is 0 Å². The van der Waals surface area contributed by atoms with Crippen molar-refractivity contribution in [2.24, 2.45) is 17.3 Å². The molecule has 0 aromatic carbocycles. The average Bonchev–Trinajstić information content (AvgIpc) is 1.99. The van der Waals surface area contributed by atoms with Crippen LogP contribution in [0.15, 0.2) is 12.7 Å². The lowest BCUT2D eigenvalue weighted by Crippen LogP contribution is -2.27. The summed E-state index contributed by atoms with van der Waals surface area (Å²) in [6.07, 6.45) is 5.84. The van der Waals surface area contributed by atoms with Crippen LogP contribution >= 0.6 is 0 Å². The fourth-order valence-electron chi connectivity index (χ4n) is 2.46. The van der Waals surface area contributed by atoms with Gasteiger partial charge in [-0.1, -0.05) is 47.1 Å². The van der Waals surface area contributed by atoms with Crippen molar-refractivity contribution in [3.8, 4) is 0 Å². The van der Waals surface area contributed by atoms with E-state index in [0.717, 1.165) is 18.3 Å². The van der Waals surface area contributed by atoms with Crippen LogP contribution in [0.1, 0.15) is 53.9 Å². The monoisotopic (exact) mass is 182 g/mol. The van der Waals surface area contributed by atoms with Crippen LogP contribution in [-0.4, -0.2) is 0 Å². The van der Waals surface area contributed by atoms with Crippen molar-refractivity contribution in [1.82, 2.24) is 0 Å². The summed E-state index contributed by atoms with van der Waals surface area (Å²) in [7, 11) is 0. The summed E-state index contributed by atoms with van der Waals surface area (Å²) in [6, 6.07) is 0. The Labute approximate surface area is 84.4 Å². The molecule has 0 unspecified atom stereocenters. The molecule has 0 nitrogen and oxygen atoms in total. The number of rotatable bonds is 6. The summed E-state index contributed by atoms with van der Waals surface area (Å²) in [4.78, 5) is 0. The smallest absolute Gasteiger partial charge is 0.0289 e. The van der Waals surface area contributed by atoms with Gasteiger partial charge in [-0.3, -0.25) is 0 Å². The van der Waals surface area contributed by atoms with E-state index in [9.17, 15) is 0 Å². The first-order chi connectivity index (χ1) is 5.95. The van der Waals surface area contributed by atoms with E-state index in [4.69, 9.17) is 0 Å².